The highest BCUT2D eigenvalue weighted by Gasteiger charge is 2.38. The summed E-state index contributed by atoms with van der Waals surface area (Å²) in [6.45, 7) is 0. The first-order valence-electron chi connectivity index (χ1n) is 4.67. The van der Waals surface area contributed by atoms with Gasteiger partial charge in [0.2, 0.25) is 0 Å². The summed E-state index contributed by atoms with van der Waals surface area (Å²) in [6.07, 6.45) is -7.05. The number of aliphatic hydroxyl groups excluding tert-OH is 1. The average Bonchev–Trinajstić information content (AvgIpc) is 2.15. The summed E-state index contributed by atoms with van der Waals surface area (Å²) in [7, 11) is 0. The summed E-state index contributed by atoms with van der Waals surface area (Å²) >= 11 is 5.47. The van der Waals surface area contributed by atoms with Crippen LogP contribution in [0, 0.1) is 5.82 Å². The Morgan fingerprint density at radius 2 is 1.89 bits per heavy atom. The van der Waals surface area contributed by atoms with Gasteiger partial charge in [-0.1, -0.05) is 17.7 Å². The normalized spacial score (nSPS) is 14.8. The highest BCUT2D eigenvalue weighted by atomic mass is 35.5. The van der Waals surface area contributed by atoms with Gasteiger partial charge in [0.1, 0.15) is 11.9 Å². The summed E-state index contributed by atoms with van der Waals surface area (Å²) in [5.41, 5.74) is 4.58. The fourth-order valence-corrected chi connectivity index (χ4v) is 1.43. The SMILES string of the molecule is Cl.N[C@H](C[C@H](O)c1ccc(Cl)cc1F)C(F)(F)F. The molecule has 0 bridgehead atoms. The zero-order valence-corrected chi connectivity index (χ0v) is 10.5. The minimum atomic E-state index is -4.62. The minimum absolute atomic E-state index is 0. The lowest BCUT2D eigenvalue weighted by Crippen LogP contribution is -2.38. The highest BCUT2D eigenvalue weighted by Crippen LogP contribution is 2.28. The first-order valence-corrected chi connectivity index (χ1v) is 5.05. The molecule has 104 valence electrons. The number of aliphatic hydroxyl groups is 1. The summed E-state index contributed by atoms with van der Waals surface area (Å²) in [5, 5.41) is 9.56. The summed E-state index contributed by atoms with van der Waals surface area (Å²) in [5.74, 6) is -0.862. The molecule has 3 N–H and O–H groups in total. The van der Waals surface area contributed by atoms with Gasteiger partial charge in [-0.2, -0.15) is 13.2 Å². The number of benzene rings is 1. The molecular weight excluding hydrogens is 297 g/mol. The molecule has 0 aliphatic carbocycles. The quantitative estimate of drug-likeness (QED) is 0.842. The molecule has 8 heteroatoms. The molecule has 0 spiro atoms. The van der Waals surface area contributed by atoms with E-state index < -0.39 is 30.6 Å². The maximum Gasteiger partial charge on any atom is 0.403 e. The monoisotopic (exact) mass is 307 g/mol. The Morgan fingerprint density at radius 1 is 1.33 bits per heavy atom. The molecule has 1 aromatic rings. The van der Waals surface area contributed by atoms with Crippen molar-refractivity contribution in [1.82, 2.24) is 0 Å². The molecule has 0 aromatic heterocycles. The summed E-state index contributed by atoms with van der Waals surface area (Å²) in [4.78, 5) is 0. The van der Waals surface area contributed by atoms with E-state index in [1.165, 1.54) is 6.07 Å². The van der Waals surface area contributed by atoms with Gasteiger partial charge in [-0.25, -0.2) is 4.39 Å². The number of nitrogens with two attached hydrogens (primary N) is 1. The van der Waals surface area contributed by atoms with Crippen LogP contribution in [0.5, 0.6) is 0 Å². The van der Waals surface area contributed by atoms with Crippen LogP contribution in [-0.4, -0.2) is 17.3 Å². The van der Waals surface area contributed by atoms with Gasteiger partial charge in [0.15, 0.2) is 0 Å². The van der Waals surface area contributed by atoms with E-state index in [0.29, 0.717) is 0 Å². The van der Waals surface area contributed by atoms with Crippen LogP contribution < -0.4 is 5.73 Å². The van der Waals surface area contributed by atoms with Gasteiger partial charge in [-0.15, -0.1) is 12.4 Å². The lowest BCUT2D eigenvalue weighted by Gasteiger charge is -2.19. The Bertz CT molecular complexity index is 400. The van der Waals surface area contributed by atoms with Crippen molar-refractivity contribution in [3.8, 4) is 0 Å². The van der Waals surface area contributed by atoms with Crippen molar-refractivity contribution in [2.75, 3.05) is 0 Å². The van der Waals surface area contributed by atoms with Crippen molar-refractivity contribution in [2.24, 2.45) is 5.73 Å². The van der Waals surface area contributed by atoms with E-state index in [-0.39, 0.29) is 23.0 Å². The third kappa shape index (κ3) is 4.61. The predicted octanol–water partition coefficient (Wildman–Crippen LogP) is 3.21. The number of halogens is 6. The van der Waals surface area contributed by atoms with E-state index in [9.17, 15) is 22.7 Å². The molecule has 0 radical (unpaired) electrons. The van der Waals surface area contributed by atoms with Crippen LogP contribution in [0.1, 0.15) is 18.1 Å². The number of hydrogen-bond acceptors (Lipinski definition) is 2. The van der Waals surface area contributed by atoms with Crippen molar-refractivity contribution in [2.45, 2.75) is 24.7 Å². The second-order valence-electron chi connectivity index (χ2n) is 3.57. The molecule has 0 unspecified atom stereocenters. The zero-order chi connectivity index (χ0) is 13.2. The molecule has 2 nitrogen and oxygen atoms in total. The van der Waals surface area contributed by atoms with Crippen molar-refractivity contribution in [3.05, 3.63) is 34.6 Å². The van der Waals surface area contributed by atoms with E-state index in [1.54, 1.807) is 0 Å². The Labute approximate surface area is 112 Å². The Morgan fingerprint density at radius 3 is 2.33 bits per heavy atom. The van der Waals surface area contributed by atoms with Crippen molar-refractivity contribution in [1.29, 1.82) is 0 Å². The Hall–Kier alpha value is -0.560. The van der Waals surface area contributed by atoms with Crippen molar-refractivity contribution < 1.29 is 22.7 Å². The van der Waals surface area contributed by atoms with Crippen LogP contribution >= 0.6 is 24.0 Å². The van der Waals surface area contributed by atoms with Crippen LogP contribution in [0.2, 0.25) is 5.02 Å². The Kier molecular flexibility index (Phi) is 6.36. The molecule has 2 atom stereocenters. The standard InChI is InChI=1S/C10H10ClF4NO.ClH/c11-5-1-2-6(7(12)3-5)8(17)4-9(16)10(13,14)15;/h1-3,8-9,17H,4,16H2;1H/t8-,9+;/m0./s1. The van der Waals surface area contributed by atoms with Gasteiger partial charge in [0.25, 0.3) is 0 Å². The molecule has 18 heavy (non-hydrogen) atoms. The largest absolute Gasteiger partial charge is 0.403 e. The maximum absolute atomic E-state index is 13.3. The fraction of sp³-hybridized carbons (Fsp3) is 0.400. The lowest BCUT2D eigenvalue weighted by atomic mass is 10.0. The molecular formula is C10H11Cl2F4NO. The molecule has 1 aromatic carbocycles. The summed E-state index contributed by atoms with van der Waals surface area (Å²) < 4.78 is 49.7. The van der Waals surface area contributed by atoms with Crippen LogP contribution in [0.4, 0.5) is 17.6 Å². The third-order valence-electron chi connectivity index (χ3n) is 2.22. The zero-order valence-electron chi connectivity index (χ0n) is 8.92. The lowest BCUT2D eigenvalue weighted by molar-refractivity contribution is -0.154. The number of alkyl halides is 3. The smallest absolute Gasteiger partial charge is 0.388 e. The first kappa shape index (κ1) is 17.4. The van der Waals surface area contributed by atoms with Gasteiger partial charge >= 0.3 is 6.18 Å². The molecule has 0 amide bonds. The van der Waals surface area contributed by atoms with E-state index in [2.05, 4.69) is 0 Å². The van der Waals surface area contributed by atoms with Crippen LogP contribution in [0.3, 0.4) is 0 Å². The minimum Gasteiger partial charge on any atom is -0.388 e. The molecule has 1 rings (SSSR count). The van der Waals surface area contributed by atoms with Crippen LogP contribution in [0.25, 0.3) is 0 Å². The molecule has 0 aliphatic rings. The van der Waals surface area contributed by atoms with Gasteiger partial charge in [0.05, 0.1) is 6.10 Å². The molecule has 0 saturated heterocycles. The van der Waals surface area contributed by atoms with Gasteiger partial charge < -0.3 is 10.8 Å². The summed E-state index contributed by atoms with van der Waals surface area (Å²) in [6, 6.07) is 1.13. The third-order valence-corrected chi connectivity index (χ3v) is 2.45. The first-order chi connectivity index (χ1) is 7.71. The highest BCUT2D eigenvalue weighted by molar-refractivity contribution is 6.30. The second kappa shape index (κ2) is 6.56. The van der Waals surface area contributed by atoms with Crippen LogP contribution in [0.15, 0.2) is 18.2 Å². The van der Waals surface area contributed by atoms with E-state index >= 15 is 0 Å². The van der Waals surface area contributed by atoms with Crippen molar-refractivity contribution in [3.63, 3.8) is 0 Å². The van der Waals surface area contributed by atoms with E-state index in [4.69, 9.17) is 17.3 Å². The molecule has 0 saturated carbocycles. The predicted molar refractivity (Wildman–Crippen MR) is 62.3 cm³/mol. The molecule has 0 aliphatic heterocycles. The average molecular weight is 308 g/mol. The number of rotatable bonds is 3. The van der Waals surface area contributed by atoms with E-state index in [0.717, 1.165) is 12.1 Å². The molecule has 0 fully saturated rings. The van der Waals surface area contributed by atoms with Crippen molar-refractivity contribution >= 4 is 24.0 Å². The second-order valence-corrected chi connectivity index (χ2v) is 4.00. The number of hydrogen-bond donors (Lipinski definition) is 2. The van der Waals surface area contributed by atoms with Crippen LogP contribution in [-0.2, 0) is 0 Å². The van der Waals surface area contributed by atoms with Gasteiger partial charge in [0, 0.05) is 17.0 Å². The van der Waals surface area contributed by atoms with Gasteiger partial charge in [-0.3, -0.25) is 0 Å². The maximum atomic E-state index is 13.3. The molecule has 0 heterocycles. The topological polar surface area (TPSA) is 46.2 Å². The van der Waals surface area contributed by atoms with Gasteiger partial charge in [-0.05, 0) is 12.1 Å². The fourth-order valence-electron chi connectivity index (χ4n) is 1.27. The van der Waals surface area contributed by atoms with E-state index in [1.807, 2.05) is 0 Å². The Balaban J connectivity index is 0.00000289.